The van der Waals surface area contributed by atoms with Crippen LogP contribution in [-0.2, 0) is 10.0 Å². The fourth-order valence-electron chi connectivity index (χ4n) is 2.21. The molecule has 0 heterocycles. The van der Waals surface area contributed by atoms with Crippen molar-refractivity contribution >= 4 is 31.7 Å². The van der Waals surface area contributed by atoms with Crippen LogP contribution in [0, 0.1) is 0 Å². The van der Waals surface area contributed by atoms with Crippen LogP contribution in [0.25, 0.3) is 0 Å². The summed E-state index contributed by atoms with van der Waals surface area (Å²) in [6.07, 6.45) is 0.631. The molecule has 0 radical (unpaired) electrons. The zero-order valence-electron chi connectivity index (χ0n) is 12.9. The molecule has 0 spiro atoms. The second-order valence-electron chi connectivity index (χ2n) is 5.21. The molecule has 0 aliphatic rings. The van der Waals surface area contributed by atoms with E-state index in [4.69, 9.17) is 0 Å². The third kappa shape index (κ3) is 4.50. The van der Waals surface area contributed by atoms with Crippen molar-refractivity contribution in [1.29, 1.82) is 0 Å². The summed E-state index contributed by atoms with van der Waals surface area (Å²) in [5, 5.41) is 0. The van der Waals surface area contributed by atoms with Gasteiger partial charge in [-0.3, -0.25) is 4.79 Å². The van der Waals surface area contributed by atoms with Crippen LogP contribution in [-0.4, -0.2) is 14.2 Å². The van der Waals surface area contributed by atoms with Gasteiger partial charge in [-0.2, -0.15) is 0 Å². The molecule has 0 aromatic heterocycles. The van der Waals surface area contributed by atoms with Gasteiger partial charge in [0.2, 0.25) is 10.0 Å². The van der Waals surface area contributed by atoms with Crippen molar-refractivity contribution in [2.45, 2.75) is 31.2 Å². The molecular formula is C17H18BrNO3S. The van der Waals surface area contributed by atoms with E-state index in [2.05, 4.69) is 20.7 Å². The number of Topliss-reactive ketones (excluding diaryl/α,β-unsaturated/α-hetero) is 1. The normalized spacial score (nSPS) is 12.8. The number of halogens is 1. The highest BCUT2D eigenvalue weighted by molar-refractivity contribution is 9.10. The first-order valence-corrected chi connectivity index (χ1v) is 9.50. The van der Waals surface area contributed by atoms with Gasteiger partial charge in [-0.25, -0.2) is 13.1 Å². The third-order valence-corrected chi connectivity index (χ3v) is 5.57. The molecule has 2 aromatic carbocycles. The topological polar surface area (TPSA) is 63.2 Å². The first-order chi connectivity index (χ1) is 10.8. The summed E-state index contributed by atoms with van der Waals surface area (Å²) in [6, 6.07) is 13.2. The summed E-state index contributed by atoms with van der Waals surface area (Å²) >= 11 is 3.37. The van der Waals surface area contributed by atoms with Gasteiger partial charge in [-0.05, 0) is 43.2 Å². The number of carbonyl (C=O) groups excluding carboxylic acids is 1. The monoisotopic (exact) mass is 395 g/mol. The Bertz CT molecular complexity index is 784. The fraction of sp³-hybridized carbons (Fsp3) is 0.235. The summed E-state index contributed by atoms with van der Waals surface area (Å²) in [4.78, 5) is 11.4. The van der Waals surface area contributed by atoms with Crippen LogP contribution in [0.1, 0.15) is 42.2 Å². The predicted molar refractivity (Wildman–Crippen MR) is 93.9 cm³/mol. The van der Waals surface area contributed by atoms with Crippen molar-refractivity contribution < 1.29 is 13.2 Å². The minimum atomic E-state index is -3.65. The van der Waals surface area contributed by atoms with Crippen LogP contribution in [0.4, 0.5) is 0 Å². The summed E-state index contributed by atoms with van der Waals surface area (Å²) in [7, 11) is -3.65. The van der Waals surface area contributed by atoms with Crippen LogP contribution < -0.4 is 4.72 Å². The van der Waals surface area contributed by atoms with Crippen LogP contribution in [0.3, 0.4) is 0 Å². The molecule has 0 saturated heterocycles. The number of sulfonamides is 1. The molecule has 2 rings (SSSR count). The minimum Gasteiger partial charge on any atom is -0.295 e. The highest BCUT2D eigenvalue weighted by atomic mass is 79.9. The molecule has 1 unspecified atom stereocenters. The van der Waals surface area contributed by atoms with Crippen molar-refractivity contribution in [3.8, 4) is 0 Å². The largest absolute Gasteiger partial charge is 0.295 e. The molecule has 6 heteroatoms. The molecule has 0 aliphatic heterocycles. The minimum absolute atomic E-state index is 0.0943. The summed E-state index contributed by atoms with van der Waals surface area (Å²) in [6.45, 7) is 3.37. The van der Waals surface area contributed by atoms with E-state index >= 15 is 0 Å². The number of hydrogen-bond donors (Lipinski definition) is 1. The highest BCUT2D eigenvalue weighted by Gasteiger charge is 2.20. The molecule has 0 aliphatic carbocycles. The van der Waals surface area contributed by atoms with Gasteiger partial charge in [0.15, 0.2) is 5.78 Å². The molecule has 0 saturated carbocycles. The van der Waals surface area contributed by atoms with Gasteiger partial charge >= 0.3 is 0 Å². The molecule has 1 N–H and O–H groups in total. The Morgan fingerprint density at radius 2 is 1.65 bits per heavy atom. The molecule has 0 bridgehead atoms. The lowest BCUT2D eigenvalue weighted by Crippen LogP contribution is -2.28. The Kier molecular flexibility index (Phi) is 5.73. The van der Waals surface area contributed by atoms with E-state index in [0.29, 0.717) is 12.0 Å². The number of benzene rings is 2. The summed E-state index contributed by atoms with van der Waals surface area (Å²) < 4.78 is 28.7. The fourth-order valence-corrected chi connectivity index (χ4v) is 3.78. The molecular weight excluding hydrogens is 378 g/mol. The number of ketones is 1. The number of nitrogens with one attached hydrogen (secondary N) is 1. The van der Waals surface area contributed by atoms with Crippen molar-refractivity contribution in [2.75, 3.05) is 0 Å². The van der Waals surface area contributed by atoms with E-state index in [0.717, 1.165) is 10.0 Å². The molecule has 23 heavy (non-hydrogen) atoms. The number of rotatable bonds is 6. The van der Waals surface area contributed by atoms with Gasteiger partial charge in [0, 0.05) is 16.1 Å². The Morgan fingerprint density at radius 1 is 1.09 bits per heavy atom. The van der Waals surface area contributed by atoms with Gasteiger partial charge in [0.25, 0.3) is 0 Å². The first kappa shape index (κ1) is 17.8. The zero-order chi connectivity index (χ0) is 17.0. The maximum atomic E-state index is 12.5. The van der Waals surface area contributed by atoms with E-state index in [1.165, 1.54) is 31.2 Å². The lowest BCUT2D eigenvalue weighted by atomic mass is 10.1. The Labute approximate surface area is 145 Å². The standard InChI is InChI=1S/C17H18BrNO3S/c1-3-17(14-4-8-15(18)9-5-14)19-23(21,22)16-10-6-13(7-11-16)12(2)20/h4-11,17,19H,3H2,1-2H3. The maximum Gasteiger partial charge on any atom is 0.241 e. The molecule has 0 fully saturated rings. The second kappa shape index (κ2) is 7.38. The van der Waals surface area contributed by atoms with Gasteiger partial charge in [0.05, 0.1) is 4.90 Å². The van der Waals surface area contributed by atoms with Gasteiger partial charge in [-0.1, -0.05) is 47.1 Å². The highest BCUT2D eigenvalue weighted by Crippen LogP contribution is 2.22. The zero-order valence-corrected chi connectivity index (χ0v) is 15.3. The van der Waals surface area contributed by atoms with E-state index < -0.39 is 10.0 Å². The first-order valence-electron chi connectivity index (χ1n) is 7.22. The van der Waals surface area contributed by atoms with Crippen molar-refractivity contribution in [1.82, 2.24) is 4.72 Å². The molecule has 4 nitrogen and oxygen atoms in total. The summed E-state index contributed by atoms with van der Waals surface area (Å²) in [5.74, 6) is -0.0943. The lowest BCUT2D eigenvalue weighted by Gasteiger charge is -2.18. The average molecular weight is 396 g/mol. The Balaban J connectivity index is 2.24. The quantitative estimate of drug-likeness (QED) is 0.749. The van der Waals surface area contributed by atoms with Crippen molar-refractivity contribution in [2.24, 2.45) is 0 Å². The lowest BCUT2D eigenvalue weighted by molar-refractivity contribution is 0.101. The van der Waals surface area contributed by atoms with Crippen LogP contribution >= 0.6 is 15.9 Å². The third-order valence-electron chi connectivity index (χ3n) is 3.55. The smallest absolute Gasteiger partial charge is 0.241 e. The molecule has 2 aromatic rings. The van der Waals surface area contributed by atoms with Gasteiger partial charge < -0.3 is 0 Å². The van der Waals surface area contributed by atoms with E-state index in [1.54, 1.807) is 0 Å². The van der Waals surface area contributed by atoms with Gasteiger partial charge in [0.1, 0.15) is 0 Å². The number of hydrogen-bond acceptors (Lipinski definition) is 3. The summed E-state index contributed by atoms with van der Waals surface area (Å²) in [5.41, 5.74) is 1.39. The number of carbonyl (C=O) groups is 1. The van der Waals surface area contributed by atoms with Gasteiger partial charge in [-0.15, -0.1) is 0 Å². The van der Waals surface area contributed by atoms with E-state index in [1.807, 2.05) is 31.2 Å². The van der Waals surface area contributed by atoms with Crippen LogP contribution in [0.2, 0.25) is 0 Å². The second-order valence-corrected chi connectivity index (χ2v) is 7.84. The maximum absolute atomic E-state index is 12.5. The molecule has 122 valence electrons. The van der Waals surface area contributed by atoms with E-state index in [9.17, 15) is 13.2 Å². The Morgan fingerprint density at radius 3 is 2.13 bits per heavy atom. The Hall–Kier alpha value is -1.50. The van der Waals surface area contributed by atoms with Crippen LogP contribution in [0.15, 0.2) is 57.9 Å². The molecule has 0 amide bonds. The average Bonchev–Trinajstić information content (AvgIpc) is 2.53. The predicted octanol–water partition coefficient (Wildman–Crippen LogP) is 4.08. The molecule has 1 atom stereocenters. The van der Waals surface area contributed by atoms with Crippen molar-refractivity contribution in [3.05, 3.63) is 64.1 Å². The van der Waals surface area contributed by atoms with E-state index in [-0.39, 0.29) is 16.7 Å². The van der Waals surface area contributed by atoms with Crippen LogP contribution in [0.5, 0.6) is 0 Å². The SMILES string of the molecule is CCC(NS(=O)(=O)c1ccc(C(C)=O)cc1)c1ccc(Br)cc1. The van der Waals surface area contributed by atoms with Crippen molar-refractivity contribution in [3.63, 3.8) is 0 Å².